The number of benzene rings is 1. The molecule has 0 bridgehead atoms. The molecule has 2 amide bonds. The quantitative estimate of drug-likeness (QED) is 0.880. The molecule has 1 aliphatic heterocycles. The van der Waals surface area contributed by atoms with E-state index in [0.717, 1.165) is 6.42 Å². The molecule has 0 radical (unpaired) electrons. The molecular weight excluding hydrogens is 338 g/mol. The lowest BCUT2D eigenvalue weighted by Crippen LogP contribution is -2.43. The number of rotatable bonds is 5. The molecule has 1 fully saturated rings. The second kappa shape index (κ2) is 7.47. The average Bonchev–Trinajstić information content (AvgIpc) is 3.29. The Bertz CT molecular complexity index is 795. The Morgan fingerprint density at radius 3 is 2.46 bits per heavy atom. The number of likely N-dealkylation sites (tertiary alicyclic amines) is 1. The van der Waals surface area contributed by atoms with Gasteiger partial charge in [-0.15, -0.1) is 0 Å². The van der Waals surface area contributed by atoms with Gasteiger partial charge >= 0.3 is 0 Å². The molecule has 26 heavy (non-hydrogen) atoms. The number of ether oxygens (including phenoxy) is 2. The number of aryl methyl sites for hydroxylation is 1. The van der Waals surface area contributed by atoms with Gasteiger partial charge in [0.1, 0.15) is 23.3 Å². The van der Waals surface area contributed by atoms with Crippen LogP contribution in [0.2, 0.25) is 0 Å². The number of hydrogen-bond acceptors (Lipinski definition) is 6. The highest BCUT2D eigenvalue weighted by atomic mass is 16.5. The summed E-state index contributed by atoms with van der Waals surface area (Å²) in [6.45, 7) is 2.25. The number of anilines is 1. The van der Waals surface area contributed by atoms with Crippen molar-refractivity contribution in [3.63, 3.8) is 0 Å². The summed E-state index contributed by atoms with van der Waals surface area (Å²) in [6.07, 6.45) is 1.35. The predicted octanol–water partition coefficient (Wildman–Crippen LogP) is 2.24. The minimum atomic E-state index is -0.559. The van der Waals surface area contributed by atoms with Crippen molar-refractivity contribution >= 4 is 17.6 Å². The zero-order valence-electron chi connectivity index (χ0n) is 14.9. The first-order valence-corrected chi connectivity index (χ1v) is 8.30. The van der Waals surface area contributed by atoms with Crippen molar-refractivity contribution in [3.8, 4) is 11.5 Å². The highest BCUT2D eigenvalue weighted by molar-refractivity contribution is 6.01. The van der Waals surface area contributed by atoms with Gasteiger partial charge < -0.3 is 24.2 Å². The number of methoxy groups -OCH3 is 2. The van der Waals surface area contributed by atoms with E-state index in [-0.39, 0.29) is 11.8 Å². The van der Waals surface area contributed by atoms with Gasteiger partial charge in [-0.25, -0.2) is 0 Å². The summed E-state index contributed by atoms with van der Waals surface area (Å²) >= 11 is 0. The molecule has 1 aliphatic rings. The van der Waals surface area contributed by atoms with Gasteiger partial charge in [0.25, 0.3) is 5.91 Å². The van der Waals surface area contributed by atoms with Crippen LogP contribution in [-0.2, 0) is 4.79 Å². The Hall–Kier alpha value is -3.03. The lowest BCUT2D eigenvalue weighted by molar-refractivity contribution is -0.119. The maximum atomic E-state index is 13.0. The molecular formula is C18H21N3O5. The van der Waals surface area contributed by atoms with Crippen molar-refractivity contribution in [1.29, 1.82) is 0 Å². The minimum Gasteiger partial charge on any atom is -0.497 e. The molecule has 1 aromatic heterocycles. The average molecular weight is 359 g/mol. The molecule has 0 aliphatic carbocycles. The maximum absolute atomic E-state index is 13.0. The van der Waals surface area contributed by atoms with E-state index in [0.29, 0.717) is 41.6 Å². The summed E-state index contributed by atoms with van der Waals surface area (Å²) in [7, 11) is 3.05. The molecule has 0 spiro atoms. The van der Waals surface area contributed by atoms with Gasteiger partial charge in [-0.2, -0.15) is 0 Å². The van der Waals surface area contributed by atoms with Crippen LogP contribution in [0.1, 0.15) is 29.0 Å². The lowest BCUT2D eigenvalue weighted by Gasteiger charge is -2.24. The minimum absolute atomic E-state index is 0.240. The molecule has 0 unspecified atom stereocenters. The van der Waals surface area contributed by atoms with Gasteiger partial charge in [-0.3, -0.25) is 9.59 Å². The third-order valence-corrected chi connectivity index (χ3v) is 4.29. The third-order valence-electron chi connectivity index (χ3n) is 4.29. The van der Waals surface area contributed by atoms with Gasteiger partial charge in [0, 0.05) is 24.2 Å². The predicted molar refractivity (Wildman–Crippen MR) is 93.5 cm³/mol. The molecule has 1 N–H and O–H groups in total. The smallest absolute Gasteiger partial charge is 0.254 e. The van der Waals surface area contributed by atoms with E-state index in [9.17, 15) is 9.59 Å². The van der Waals surface area contributed by atoms with Crippen molar-refractivity contribution in [1.82, 2.24) is 10.1 Å². The molecule has 1 atom stereocenters. The summed E-state index contributed by atoms with van der Waals surface area (Å²) in [6, 6.07) is 6.04. The number of carbonyl (C=O) groups is 2. The molecule has 2 aromatic rings. The highest BCUT2D eigenvalue weighted by Gasteiger charge is 2.35. The Morgan fingerprint density at radius 2 is 1.88 bits per heavy atom. The molecule has 2 heterocycles. The Labute approximate surface area is 151 Å². The zero-order valence-corrected chi connectivity index (χ0v) is 14.9. The Balaban J connectivity index is 1.79. The molecule has 8 heteroatoms. The second-order valence-electron chi connectivity index (χ2n) is 6.07. The SMILES string of the molecule is COc1cc(OC)cc(C(=O)N2CCC[C@@H]2C(=O)Nc2cc(C)on2)c1. The number of amides is 2. The third kappa shape index (κ3) is 3.63. The summed E-state index contributed by atoms with van der Waals surface area (Å²) in [5.74, 6) is 1.46. The van der Waals surface area contributed by atoms with Gasteiger partial charge in [0.15, 0.2) is 5.82 Å². The molecule has 0 saturated carbocycles. The maximum Gasteiger partial charge on any atom is 0.254 e. The number of hydrogen-bond donors (Lipinski definition) is 1. The van der Waals surface area contributed by atoms with Crippen molar-refractivity contribution in [3.05, 3.63) is 35.6 Å². The van der Waals surface area contributed by atoms with Crippen LogP contribution in [0.4, 0.5) is 5.82 Å². The molecule has 138 valence electrons. The van der Waals surface area contributed by atoms with E-state index in [4.69, 9.17) is 14.0 Å². The van der Waals surface area contributed by atoms with Gasteiger partial charge in [0.05, 0.1) is 14.2 Å². The van der Waals surface area contributed by atoms with Crippen LogP contribution in [0.3, 0.4) is 0 Å². The van der Waals surface area contributed by atoms with E-state index < -0.39 is 6.04 Å². The fraction of sp³-hybridized carbons (Fsp3) is 0.389. The van der Waals surface area contributed by atoms with Crippen LogP contribution in [0.25, 0.3) is 0 Å². The van der Waals surface area contributed by atoms with E-state index in [1.165, 1.54) is 14.2 Å². The monoisotopic (exact) mass is 359 g/mol. The van der Waals surface area contributed by atoms with Gasteiger partial charge in [0.2, 0.25) is 5.91 Å². The zero-order chi connectivity index (χ0) is 18.7. The lowest BCUT2D eigenvalue weighted by atomic mass is 10.1. The van der Waals surface area contributed by atoms with E-state index in [1.807, 2.05) is 0 Å². The van der Waals surface area contributed by atoms with Crippen molar-refractivity contribution < 1.29 is 23.6 Å². The normalized spacial score (nSPS) is 16.4. The van der Waals surface area contributed by atoms with Crippen LogP contribution in [0, 0.1) is 6.92 Å². The summed E-state index contributed by atoms with van der Waals surface area (Å²) < 4.78 is 15.4. The van der Waals surface area contributed by atoms with Crippen molar-refractivity contribution in [2.45, 2.75) is 25.8 Å². The first-order chi connectivity index (χ1) is 12.5. The van der Waals surface area contributed by atoms with Crippen LogP contribution < -0.4 is 14.8 Å². The van der Waals surface area contributed by atoms with Crippen LogP contribution in [0.5, 0.6) is 11.5 Å². The Kier molecular flexibility index (Phi) is 5.11. The molecule has 8 nitrogen and oxygen atoms in total. The number of aromatic nitrogens is 1. The van der Waals surface area contributed by atoms with Crippen molar-refractivity contribution in [2.75, 3.05) is 26.1 Å². The van der Waals surface area contributed by atoms with Gasteiger partial charge in [-0.1, -0.05) is 5.16 Å². The number of nitrogens with one attached hydrogen (secondary N) is 1. The Morgan fingerprint density at radius 1 is 1.19 bits per heavy atom. The topological polar surface area (TPSA) is 93.9 Å². The fourth-order valence-corrected chi connectivity index (χ4v) is 3.01. The van der Waals surface area contributed by atoms with E-state index in [2.05, 4.69) is 10.5 Å². The van der Waals surface area contributed by atoms with E-state index in [1.54, 1.807) is 36.1 Å². The summed E-state index contributed by atoms with van der Waals surface area (Å²) in [5, 5.41) is 6.46. The largest absolute Gasteiger partial charge is 0.497 e. The first-order valence-electron chi connectivity index (χ1n) is 8.30. The van der Waals surface area contributed by atoms with Crippen LogP contribution in [-0.4, -0.2) is 48.7 Å². The molecule has 1 aromatic carbocycles. The first kappa shape index (κ1) is 17.8. The second-order valence-corrected chi connectivity index (χ2v) is 6.07. The molecule has 1 saturated heterocycles. The van der Waals surface area contributed by atoms with Crippen LogP contribution in [0.15, 0.2) is 28.8 Å². The fourth-order valence-electron chi connectivity index (χ4n) is 3.01. The molecule has 3 rings (SSSR count). The van der Waals surface area contributed by atoms with Crippen LogP contribution >= 0.6 is 0 Å². The number of carbonyl (C=O) groups excluding carboxylic acids is 2. The number of nitrogens with zero attached hydrogens (tertiary/aromatic N) is 2. The van der Waals surface area contributed by atoms with Crippen molar-refractivity contribution in [2.24, 2.45) is 0 Å². The summed E-state index contributed by atoms with van der Waals surface area (Å²) in [5.41, 5.74) is 0.415. The van der Waals surface area contributed by atoms with Gasteiger partial charge in [-0.05, 0) is 31.9 Å². The van der Waals surface area contributed by atoms with E-state index >= 15 is 0 Å². The highest BCUT2D eigenvalue weighted by Crippen LogP contribution is 2.27. The summed E-state index contributed by atoms with van der Waals surface area (Å²) in [4.78, 5) is 27.1. The standard InChI is InChI=1S/C18H21N3O5/c1-11-7-16(20-26-11)19-17(22)15-5-4-6-21(15)18(23)12-8-13(24-2)10-14(9-12)25-3/h7-10,15H,4-6H2,1-3H3,(H,19,20,22)/t15-/m1/s1.